The largest absolute Gasteiger partial charge is 0.465 e. The van der Waals surface area contributed by atoms with E-state index >= 15 is 0 Å². The van der Waals surface area contributed by atoms with Crippen molar-refractivity contribution in [1.29, 1.82) is 0 Å². The SMILES string of the molecule is O=C(O)N1CCC(n2nnc3c(N4CCOCC4)nc(-c4cccc(CO)c4)nc32)CC1. The Morgan fingerprint density at radius 3 is 2.62 bits per heavy atom. The summed E-state index contributed by atoms with van der Waals surface area (Å²) >= 11 is 0. The van der Waals surface area contributed by atoms with E-state index in [4.69, 9.17) is 14.7 Å². The molecule has 0 radical (unpaired) electrons. The molecule has 0 unspecified atom stereocenters. The van der Waals surface area contributed by atoms with Crippen molar-refractivity contribution in [1.82, 2.24) is 29.9 Å². The Morgan fingerprint density at radius 2 is 1.91 bits per heavy atom. The van der Waals surface area contributed by atoms with Crippen LogP contribution in [0.1, 0.15) is 24.4 Å². The number of amides is 1. The summed E-state index contributed by atoms with van der Waals surface area (Å²) in [5.74, 6) is 1.26. The van der Waals surface area contributed by atoms with E-state index < -0.39 is 6.09 Å². The van der Waals surface area contributed by atoms with Gasteiger partial charge in [0.1, 0.15) is 0 Å². The molecule has 2 aliphatic heterocycles. The van der Waals surface area contributed by atoms with Crippen molar-refractivity contribution < 1.29 is 19.7 Å². The highest BCUT2D eigenvalue weighted by atomic mass is 16.5. The Labute approximate surface area is 184 Å². The fourth-order valence-electron chi connectivity index (χ4n) is 4.30. The van der Waals surface area contributed by atoms with Gasteiger partial charge in [-0.2, -0.15) is 0 Å². The van der Waals surface area contributed by atoms with E-state index in [9.17, 15) is 15.0 Å². The van der Waals surface area contributed by atoms with E-state index in [-0.39, 0.29) is 12.6 Å². The first kappa shape index (κ1) is 20.6. The molecule has 11 heteroatoms. The Bertz CT molecular complexity index is 1120. The standard InChI is InChI=1S/C21H25N7O4/c29-13-14-2-1-3-15(12-14)18-22-19(26-8-10-32-11-9-26)17-20(23-18)28(25-24-17)16-4-6-27(7-5-16)21(30)31/h1-3,12,16,29H,4-11,13H2,(H,30,31). The van der Waals surface area contributed by atoms with Crippen LogP contribution in [0.4, 0.5) is 10.6 Å². The highest BCUT2D eigenvalue weighted by molar-refractivity contribution is 5.85. The summed E-state index contributed by atoms with van der Waals surface area (Å²) in [6.45, 7) is 3.47. The van der Waals surface area contributed by atoms with Crippen molar-refractivity contribution in [2.75, 3.05) is 44.3 Å². The zero-order chi connectivity index (χ0) is 22.1. The number of likely N-dealkylation sites (tertiary alicyclic amines) is 1. The molecule has 0 spiro atoms. The van der Waals surface area contributed by atoms with Crippen LogP contribution >= 0.6 is 0 Å². The van der Waals surface area contributed by atoms with Crippen molar-refractivity contribution in [3.63, 3.8) is 0 Å². The molecule has 2 saturated heterocycles. The molecule has 4 heterocycles. The summed E-state index contributed by atoms with van der Waals surface area (Å²) in [6, 6.07) is 7.54. The van der Waals surface area contributed by atoms with Gasteiger partial charge in [0.05, 0.1) is 25.9 Å². The van der Waals surface area contributed by atoms with Gasteiger partial charge in [-0.25, -0.2) is 19.4 Å². The monoisotopic (exact) mass is 439 g/mol. The number of aliphatic hydroxyl groups is 1. The van der Waals surface area contributed by atoms with Crippen LogP contribution in [0.15, 0.2) is 24.3 Å². The van der Waals surface area contributed by atoms with Crippen molar-refractivity contribution >= 4 is 23.1 Å². The molecule has 1 aromatic carbocycles. The predicted octanol–water partition coefficient (Wildman–Crippen LogP) is 1.53. The van der Waals surface area contributed by atoms with Gasteiger partial charge < -0.3 is 24.7 Å². The normalized spacial score (nSPS) is 17.8. The Hall–Kier alpha value is -3.31. The number of piperidine rings is 1. The minimum Gasteiger partial charge on any atom is -0.465 e. The maximum atomic E-state index is 11.3. The molecule has 0 saturated carbocycles. The minimum absolute atomic E-state index is 0.0136. The molecular formula is C21H25N7O4. The maximum Gasteiger partial charge on any atom is 0.407 e. The second kappa shape index (κ2) is 8.67. The second-order valence-corrected chi connectivity index (χ2v) is 8.04. The summed E-state index contributed by atoms with van der Waals surface area (Å²) in [5, 5.41) is 27.6. The predicted molar refractivity (Wildman–Crippen MR) is 115 cm³/mol. The maximum absolute atomic E-state index is 11.3. The zero-order valence-electron chi connectivity index (χ0n) is 17.6. The van der Waals surface area contributed by atoms with Gasteiger partial charge in [0, 0.05) is 31.7 Å². The van der Waals surface area contributed by atoms with Crippen LogP contribution in [-0.2, 0) is 11.3 Å². The summed E-state index contributed by atoms with van der Waals surface area (Å²) in [6.07, 6.45) is 0.406. The molecule has 2 N–H and O–H groups in total. The van der Waals surface area contributed by atoms with Gasteiger partial charge in [-0.3, -0.25) is 0 Å². The van der Waals surface area contributed by atoms with Crippen LogP contribution in [0.25, 0.3) is 22.6 Å². The number of nitrogens with zero attached hydrogens (tertiary/aromatic N) is 7. The lowest BCUT2D eigenvalue weighted by molar-refractivity contribution is 0.122. The van der Waals surface area contributed by atoms with E-state index in [1.54, 1.807) is 0 Å². The number of benzene rings is 1. The number of carbonyl (C=O) groups is 1. The minimum atomic E-state index is -0.894. The molecule has 2 fully saturated rings. The van der Waals surface area contributed by atoms with Crippen LogP contribution in [-0.4, -0.2) is 85.6 Å². The van der Waals surface area contributed by atoms with Crippen molar-refractivity contribution in [2.45, 2.75) is 25.5 Å². The lowest BCUT2D eigenvalue weighted by atomic mass is 10.1. The van der Waals surface area contributed by atoms with E-state index in [1.165, 1.54) is 4.90 Å². The van der Waals surface area contributed by atoms with Crippen LogP contribution in [0.5, 0.6) is 0 Å². The smallest absolute Gasteiger partial charge is 0.407 e. The van der Waals surface area contributed by atoms with E-state index in [2.05, 4.69) is 15.2 Å². The third kappa shape index (κ3) is 3.84. The van der Waals surface area contributed by atoms with E-state index in [0.717, 1.165) is 16.9 Å². The second-order valence-electron chi connectivity index (χ2n) is 8.04. The topological polar surface area (TPSA) is 130 Å². The quantitative estimate of drug-likeness (QED) is 0.621. The summed E-state index contributed by atoms with van der Waals surface area (Å²) < 4.78 is 7.32. The number of aromatic nitrogens is 5. The number of anilines is 1. The molecule has 2 aromatic heterocycles. The van der Waals surface area contributed by atoms with Gasteiger partial charge in [0.15, 0.2) is 22.8 Å². The zero-order valence-corrected chi connectivity index (χ0v) is 17.6. The lowest BCUT2D eigenvalue weighted by Gasteiger charge is -2.30. The molecule has 0 atom stereocenters. The molecule has 0 aliphatic carbocycles. The first-order valence-corrected chi connectivity index (χ1v) is 10.8. The van der Waals surface area contributed by atoms with Gasteiger partial charge in [-0.1, -0.05) is 23.4 Å². The fourth-order valence-corrected chi connectivity index (χ4v) is 4.30. The summed E-state index contributed by atoms with van der Waals surface area (Å²) in [5.41, 5.74) is 2.86. The molecule has 1 amide bonds. The number of hydrogen-bond donors (Lipinski definition) is 2. The van der Waals surface area contributed by atoms with E-state index in [1.807, 2.05) is 28.9 Å². The van der Waals surface area contributed by atoms with Gasteiger partial charge in [0.2, 0.25) is 0 Å². The average Bonchev–Trinajstić information content (AvgIpc) is 3.28. The summed E-state index contributed by atoms with van der Waals surface area (Å²) in [4.78, 5) is 24.5. The Balaban J connectivity index is 1.58. The molecular weight excluding hydrogens is 414 g/mol. The number of fused-ring (bicyclic) bond motifs is 1. The lowest BCUT2D eigenvalue weighted by Crippen LogP contribution is -2.38. The van der Waals surface area contributed by atoms with Crippen molar-refractivity contribution in [3.8, 4) is 11.4 Å². The fraction of sp³-hybridized carbons (Fsp3) is 0.476. The number of morpholine rings is 1. The van der Waals surface area contributed by atoms with Crippen molar-refractivity contribution in [2.24, 2.45) is 0 Å². The van der Waals surface area contributed by atoms with E-state index in [0.29, 0.717) is 69.2 Å². The van der Waals surface area contributed by atoms with Crippen LogP contribution in [0.2, 0.25) is 0 Å². The molecule has 32 heavy (non-hydrogen) atoms. The molecule has 168 valence electrons. The number of hydrogen-bond acceptors (Lipinski definition) is 8. The Kier molecular flexibility index (Phi) is 5.58. The molecule has 11 nitrogen and oxygen atoms in total. The number of rotatable bonds is 4. The van der Waals surface area contributed by atoms with Gasteiger partial charge >= 0.3 is 6.09 Å². The molecule has 5 rings (SSSR count). The highest BCUT2D eigenvalue weighted by Gasteiger charge is 2.28. The van der Waals surface area contributed by atoms with Crippen LogP contribution in [0.3, 0.4) is 0 Å². The molecule has 2 aliphatic rings. The van der Waals surface area contributed by atoms with Crippen LogP contribution < -0.4 is 4.90 Å². The third-order valence-corrected chi connectivity index (χ3v) is 6.06. The Morgan fingerprint density at radius 1 is 1.12 bits per heavy atom. The number of carboxylic acid groups (broad SMARTS) is 1. The number of aliphatic hydroxyl groups excluding tert-OH is 1. The summed E-state index contributed by atoms with van der Waals surface area (Å²) in [7, 11) is 0. The average molecular weight is 439 g/mol. The number of ether oxygens (including phenoxy) is 1. The van der Waals surface area contributed by atoms with Crippen molar-refractivity contribution in [3.05, 3.63) is 29.8 Å². The highest BCUT2D eigenvalue weighted by Crippen LogP contribution is 2.31. The van der Waals surface area contributed by atoms with Crippen LogP contribution in [0, 0.1) is 0 Å². The first-order chi connectivity index (χ1) is 15.6. The third-order valence-electron chi connectivity index (χ3n) is 6.06. The van der Waals surface area contributed by atoms with Gasteiger partial charge in [0.25, 0.3) is 0 Å². The molecule has 3 aromatic rings. The van der Waals surface area contributed by atoms with Gasteiger partial charge in [-0.15, -0.1) is 5.10 Å². The molecule has 0 bridgehead atoms. The first-order valence-electron chi connectivity index (χ1n) is 10.8. The van der Waals surface area contributed by atoms with Gasteiger partial charge in [-0.05, 0) is 24.5 Å².